The summed E-state index contributed by atoms with van der Waals surface area (Å²) in [6, 6.07) is 7.81. The maximum absolute atomic E-state index is 12.0. The van der Waals surface area contributed by atoms with Gasteiger partial charge in [0.15, 0.2) is 12.0 Å². The molecule has 96 valence electrons. The summed E-state index contributed by atoms with van der Waals surface area (Å²) in [6.45, 7) is 6.12. The van der Waals surface area contributed by atoms with Crippen molar-refractivity contribution in [1.82, 2.24) is 10.6 Å². The minimum absolute atomic E-state index is 0.0564. The Kier molecular flexibility index (Phi) is 3.65. The lowest BCUT2D eigenvalue weighted by molar-refractivity contribution is -0.120. The standard InChI is InChI=1S/C14H19N3O/c1-4-10-7-5-6-8-11(10)12-13(18)17-14(16-12)15-9(2)3/h5-9,12H,4H2,1-3H3,(H2,15,16,17,18). The van der Waals surface area contributed by atoms with E-state index in [0.717, 1.165) is 12.0 Å². The van der Waals surface area contributed by atoms with Gasteiger partial charge in [0.05, 0.1) is 0 Å². The molecule has 4 heteroatoms. The van der Waals surface area contributed by atoms with Gasteiger partial charge in [-0.1, -0.05) is 31.2 Å². The number of carbonyl (C=O) groups excluding carboxylic acids is 1. The number of nitrogens with zero attached hydrogens (tertiary/aromatic N) is 1. The zero-order chi connectivity index (χ0) is 13.1. The Morgan fingerprint density at radius 3 is 2.78 bits per heavy atom. The van der Waals surface area contributed by atoms with Crippen LogP contribution in [0.15, 0.2) is 29.3 Å². The predicted molar refractivity (Wildman–Crippen MR) is 72.4 cm³/mol. The number of rotatable bonds is 3. The topological polar surface area (TPSA) is 53.5 Å². The van der Waals surface area contributed by atoms with Crippen molar-refractivity contribution >= 4 is 11.9 Å². The largest absolute Gasteiger partial charge is 0.354 e. The molecule has 2 N–H and O–H groups in total. The Balaban J connectivity index is 2.27. The van der Waals surface area contributed by atoms with E-state index < -0.39 is 6.04 Å². The summed E-state index contributed by atoms with van der Waals surface area (Å²) in [5.41, 5.74) is 2.17. The number of hydrogen-bond acceptors (Lipinski definition) is 3. The van der Waals surface area contributed by atoms with E-state index in [0.29, 0.717) is 5.96 Å². The van der Waals surface area contributed by atoms with Crippen molar-refractivity contribution in [2.24, 2.45) is 4.99 Å². The Hall–Kier alpha value is -1.84. The van der Waals surface area contributed by atoms with E-state index in [1.165, 1.54) is 5.56 Å². The smallest absolute Gasteiger partial charge is 0.256 e. The van der Waals surface area contributed by atoms with Crippen LogP contribution in [-0.2, 0) is 11.2 Å². The number of benzene rings is 1. The van der Waals surface area contributed by atoms with Crippen LogP contribution in [0.2, 0.25) is 0 Å². The molecule has 0 bridgehead atoms. The molecule has 4 nitrogen and oxygen atoms in total. The highest BCUT2D eigenvalue weighted by atomic mass is 16.2. The highest BCUT2D eigenvalue weighted by Crippen LogP contribution is 2.24. The lowest BCUT2D eigenvalue weighted by Gasteiger charge is -2.09. The summed E-state index contributed by atoms with van der Waals surface area (Å²) in [7, 11) is 0. The molecule has 1 aliphatic heterocycles. The maximum Gasteiger partial charge on any atom is 0.256 e. The van der Waals surface area contributed by atoms with Crippen LogP contribution in [0.5, 0.6) is 0 Å². The van der Waals surface area contributed by atoms with Gasteiger partial charge in [-0.05, 0) is 31.4 Å². The zero-order valence-electron chi connectivity index (χ0n) is 11.0. The molecule has 18 heavy (non-hydrogen) atoms. The minimum Gasteiger partial charge on any atom is -0.354 e. The molecule has 1 atom stereocenters. The minimum atomic E-state index is -0.414. The van der Waals surface area contributed by atoms with E-state index in [9.17, 15) is 4.79 Å². The maximum atomic E-state index is 12.0. The second-order valence-corrected chi connectivity index (χ2v) is 4.72. The van der Waals surface area contributed by atoms with E-state index in [-0.39, 0.29) is 11.9 Å². The average Bonchev–Trinajstić information content (AvgIpc) is 2.69. The lowest BCUT2D eigenvalue weighted by Crippen LogP contribution is -2.40. The van der Waals surface area contributed by atoms with Crippen LogP contribution < -0.4 is 10.6 Å². The molecular formula is C14H19N3O. The monoisotopic (exact) mass is 245 g/mol. The van der Waals surface area contributed by atoms with Crippen LogP contribution in [0.25, 0.3) is 0 Å². The van der Waals surface area contributed by atoms with Crippen LogP contribution in [0.3, 0.4) is 0 Å². The van der Waals surface area contributed by atoms with E-state index in [1.54, 1.807) is 0 Å². The molecule has 0 saturated heterocycles. The van der Waals surface area contributed by atoms with Gasteiger partial charge in [0.25, 0.3) is 5.91 Å². The molecule has 1 heterocycles. The first-order chi connectivity index (χ1) is 8.61. The van der Waals surface area contributed by atoms with Gasteiger partial charge < -0.3 is 5.32 Å². The molecular weight excluding hydrogens is 226 g/mol. The molecule has 0 spiro atoms. The summed E-state index contributed by atoms with van der Waals surface area (Å²) in [5.74, 6) is 0.518. The van der Waals surface area contributed by atoms with Crippen LogP contribution in [-0.4, -0.2) is 17.9 Å². The van der Waals surface area contributed by atoms with Crippen molar-refractivity contribution < 1.29 is 4.79 Å². The molecule has 1 amide bonds. The van der Waals surface area contributed by atoms with Crippen LogP contribution in [0.4, 0.5) is 0 Å². The molecule has 0 radical (unpaired) electrons. The fraction of sp³-hybridized carbons (Fsp3) is 0.429. The second-order valence-electron chi connectivity index (χ2n) is 4.72. The second kappa shape index (κ2) is 5.21. The van der Waals surface area contributed by atoms with Gasteiger partial charge in [-0.3, -0.25) is 10.1 Å². The third kappa shape index (κ3) is 2.53. The van der Waals surface area contributed by atoms with Gasteiger partial charge in [-0.15, -0.1) is 0 Å². The molecule has 0 fully saturated rings. The van der Waals surface area contributed by atoms with Crippen LogP contribution in [0, 0.1) is 0 Å². The SMILES string of the molecule is CCc1ccccc1C1N=C(NC(C)C)NC1=O. The average molecular weight is 245 g/mol. The fourth-order valence-corrected chi connectivity index (χ4v) is 2.09. The van der Waals surface area contributed by atoms with Crippen LogP contribution >= 0.6 is 0 Å². The van der Waals surface area contributed by atoms with Gasteiger partial charge >= 0.3 is 0 Å². The van der Waals surface area contributed by atoms with Gasteiger partial charge in [0.1, 0.15) is 0 Å². The first-order valence-corrected chi connectivity index (χ1v) is 6.34. The van der Waals surface area contributed by atoms with Crippen LogP contribution in [0.1, 0.15) is 37.9 Å². The number of carbonyl (C=O) groups is 1. The van der Waals surface area contributed by atoms with E-state index in [4.69, 9.17) is 0 Å². The summed E-state index contributed by atoms with van der Waals surface area (Å²) in [6.07, 6.45) is 0.905. The van der Waals surface area contributed by atoms with E-state index in [2.05, 4.69) is 22.5 Å². The van der Waals surface area contributed by atoms with Crippen molar-refractivity contribution in [1.29, 1.82) is 0 Å². The van der Waals surface area contributed by atoms with E-state index >= 15 is 0 Å². The van der Waals surface area contributed by atoms with Gasteiger partial charge in [-0.25, -0.2) is 4.99 Å². The summed E-state index contributed by atoms with van der Waals surface area (Å²) < 4.78 is 0. The Morgan fingerprint density at radius 2 is 2.11 bits per heavy atom. The molecule has 1 aromatic carbocycles. The Morgan fingerprint density at radius 1 is 1.39 bits per heavy atom. The summed E-state index contributed by atoms with van der Waals surface area (Å²) in [5, 5.41) is 5.91. The number of nitrogens with one attached hydrogen (secondary N) is 2. The molecule has 0 aliphatic carbocycles. The van der Waals surface area contributed by atoms with E-state index in [1.807, 2.05) is 38.1 Å². The zero-order valence-corrected chi connectivity index (χ0v) is 11.0. The number of aryl methyl sites for hydroxylation is 1. The number of guanidine groups is 1. The third-order valence-electron chi connectivity index (χ3n) is 2.90. The quantitative estimate of drug-likeness (QED) is 0.852. The fourth-order valence-electron chi connectivity index (χ4n) is 2.09. The lowest BCUT2D eigenvalue weighted by atomic mass is 9.99. The van der Waals surface area contributed by atoms with Gasteiger partial charge in [0.2, 0.25) is 0 Å². The Bertz CT molecular complexity index is 480. The number of amides is 1. The summed E-state index contributed by atoms with van der Waals surface area (Å²) >= 11 is 0. The number of hydrogen-bond donors (Lipinski definition) is 2. The third-order valence-corrected chi connectivity index (χ3v) is 2.90. The summed E-state index contributed by atoms with van der Waals surface area (Å²) in [4.78, 5) is 16.4. The number of aliphatic imine (C=N–C) groups is 1. The predicted octanol–water partition coefficient (Wildman–Crippen LogP) is 1.77. The van der Waals surface area contributed by atoms with Gasteiger partial charge in [-0.2, -0.15) is 0 Å². The normalized spacial score (nSPS) is 18.8. The molecule has 1 unspecified atom stereocenters. The first-order valence-electron chi connectivity index (χ1n) is 6.34. The highest BCUT2D eigenvalue weighted by Gasteiger charge is 2.29. The van der Waals surface area contributed by atoms with Crippen molar-refractivity contribution in [3.05, 3.63) is 35.4 Å². The Labute approximate surface area is 108 Å². The molecule has 1 aromatic rings. The van der Waals surface area contributed by atoms with Crippen molar-refractivity contribution in [3.8, 4) is 0 Å². The van der Waals surface area contributed by atoms with Crippen molar-refractivity contribution in [2.75, 3.05) is 0 Å². The first kappa shape index (κ1) is 12.6. The van der Waals surface area contributed by atoms with Gasteiger partial charge in [0, 0.05) is 6.04 Å². The molecule has 0 saturated carbocycles. The van der Waals surface area contributed by atoms with Crippen molar-refractivity contribution in [3.63, 3.8) is 0 Å². The molecule has 0 aromatic heterocycles. The molecule has 2 rings (SSSR count). The highest BCUT2D eigenvalue weighted by molar-refractivity contribution is 6.05. The van der Waals surface area contributed by atoms with Crippen molar-refractivity contribution in [2.45, 2.75) is 39.3 Å². The molecule has 1 aliphatic rings.